The van der Waals surface area contributed by atoms with E-state index in [0.717, 1.165) is 25.7 Å². The van der Waals surface area contributed by atoms with E-state index in [4.69, 9.17) is 0 Å². The second-order valence-electron chi connectivity index (χ2n) is 8.03. The number of rotatable bonds is 5. The van der Waals surface area contributed by atoms with Crippen LogP contribution >= 0.6 is 0 Å². The third-order valence-electron chi connectivity index (χ3n) is 6.17. The van der Waals surface area contributed by atoms with Gasteiger partial charge in [0.15, 0.2) is 0 Å². The molecule has 2 amide bonds. The van der Waals surface area contributed by atoms with Crippen LogP contribution < -0.4 is 20.4 Å². The van der Waals surface area contributed by atoms with E-state index in [-0.39, 0.29) is 34.9 Å². The van der Waals surface area contributed by atoms with E-state index in [1.54, 1.807) is 20.2 Å². The zero-order valence-corrected chi connectivity index (χ0v) is 17.9. The average Bonchev–Trinajstić information content (AvgIpc) is 2.82. The van der Waals surface area contributed by atoms with Crippen molar-refractivity contribution in [1.29, 1.82) is 5.26 Å². The number of hydrogen-bond donors (Lipinski definition) is 2. The quantitative estimate of drug-likeness (QED) is 0.535. The van der Waals surface area contributed by atoms with Gasteiger partial charge in [-0.25, -0.2) is 0 Å². The maximum atomic E-state index is 12.1. The Morgan fingerprint density at radius 2 is 1.55 bits per heavy atom. The predicted octanol–water partition coefficient (Wildman–Crippen LogP) is 1.39. The number of hydrogen-bond acceptors (Lipinski definition) is 7. The second-order valence-corrected chi connectivity index (χ2v) is 8.03. The number of amides is 2. The van der Waals surface area contributed by atoms with Crippen molar-refractivity contribution >= 4 is 28.9 Å². The molecule has 1 aromatic carbocycles. The summed E-state index contributed by atoms with van der Waals surface area (Å²) in [5, 5.41) is 26.8. The van der Waals surface area contributed by atoms with Gasteiger partial charge in [-0.3, -0.25) is 19.7 Å². The minimum absolute atomic E-state index is 0.0465. The van der Waals surface area contributed by atoms with Gasteiger partial charge in [-0.15, -0.1) is 0 Å². The Bertz CT molecular complexity index is 912. The Labute approximate surface area is 181 Å². The summed E-state index contributed by atoms with van der Waals surface area (Å²) in [5.74, 6) is -0.568. The fourth-order valence-corrected chi connectivity index (χ4v) is 4.54. The van der Waals surface area contributed by atoms with Gasteiger partial charge < -0.3 is 20.4 Å². The van der Waals surface area contributed by atoms with Gasteiger partial charge in [0.2, 0.25) is 11.8 Å². The van der Waals surface area contributed by atoms with Crippen molar-refractivity contribution in [3.05, 3.63) is 27.8 Å². The summed E-state index contributed by atoms with van der Waals surface area (Å²) in [4.78, 5) is 39.4. The number of nitrogens with one attached hydrogen (secondary N) is 2. The molecule has 10 nitrogen and oxygen atoms in total. The molecule has 2 N–H and O–H groups in total. The van der Waals surface area contributed by atoms with Gasteiger partial charge in [-0.2, -0.15) is 5.26 Å². The molecule has 3 rings (SSSR count). The fraction of sp³-hybridized carbons (Fsp3) is 0.571. The number of nitro benzene ring substituents is 1. The number of benzene rings is 1. The SMILES string of the molecule is CNC(=O)C1CCCN(c2cc(N3CCCC(C(=O)NC)C3)c([N+](=O)[O-])cc2C#N)C1. The number of anilines is 2. The molecule has 166 valence electrons. The molecule has 2 fully saturated rings. The van der Waals surface area contributed by atoms with E-state index in [9.17, 15) is 25.0 Å². The molecule has 0 aliphatic carbocycles. The van der Waals surface area contributed by atoms with Crippen molar-refractivity contribution < 1.29 is 14.5 Å². The first kappa shape index (κ1) is 22.3. The molecule has 2 aliphatic heterocycles. The number of nitrogens with zero attached hydrogens (tertiary/aromatic N) is 4. The molecule has 0 spiro atoms. The molecule has 2 unspecified atom stereocenters. The summed E-state index contributed by atoms with van der Waals surface area (Å²) in [6, 6.07) is 5.09. The van der Waals surface area contributed by atoms with Crippen molar-refractivity contribution in [3.63, 3.8) is 0 Å². The molecule has 2 saturated heterocycles. The van der Waals surface area contributed by atoms with Crippen LogP contribution in [0, 0.1) is 33.3 Å². The third kappa shape index (κ3) is 4.71. The number of carbonyl (C=O) groups is 2. The number of piperidine rings is 2. The lowest BCUT2D eigenvalue weighted by Gasteiger charge is -2.36. The summed E-state index contributed by atoms with van der Waals surface area (Å²) < 4.78 is 0. The van der Waals surface area contributed by atoms with Gasteiger partial charge in [0.05, 0.1) is 28.0 Å². The fourth-order valence-electron chi connectivity index (χ4n) is 4.54. The minimum atomic E-state index is -0.479. The van der Waals surface area contributed by atoms with Crippen molar-refractivity contribution in [2.75, 3.05) is 50.1 Å². The second kappa shape index (κ2) is 9.64. The van der Waals surface area contributed by atoms with E-state index in [1.165, 1.54) is 6.07 Å². The number of carbonyl (C=O) groups excluding carboxylic acids is 2. The average molecular weight is 428 g/mol. The van der Waals surface area contributed by atoms with E-state index < -0.39 is 4.92 Å². The molecule has 0 aromatic heterocycles. The normalized spacial score (nSPS) is 21.2. The van der Waals surface area contributed by atoms with Gasteiger partial charge in [0.1, 0.15) is 11.8 Å². The van der Waals surface area contributed by atoms with Crippen LogP contribution in [0.5, 0.6) is 0 Å². The van der Waals surface area contributed by atoms with Crippen LogP contribution in [0.25, 0.3) is 0 Å². The van der Waals surface area contributed by atoms with Gasteiger partial charge >= 0.3 is 0 Å². The van der Waals surface area contributed by atoms with E-state index in [1.807, 2.05) is 9.80 Å². The Balaban J connectivity index is 1.99. The smallest absolute Gasteiger partial charge is 0.294 e. The van der Waals surface area contributed by atoms with Crippen LogP contribution in [0.1, 0.15) is 31.2 Å². The zero-order chi connectivity index (χ0) is 22.5. The van der Waals surface area contributed by atoms with E-state index in [0.29, 0.717) is 37.6 Å². The Hall–Kier alpha value is -3.35. The first-order chi connectivity index (χ1) is 14.9. The molecule has 2 aliphatic rings. The highest BCUT2D eigenvalue weighted by Crippen LogP contribution is 2.38. The maximum Gasteiger partial charge on any atom is 0.294 e. The lowest BCUT2D eigenvalue weighted by molar-refractivity contribution is -0.384. The highest BCUT2D eigenvalue weighted by molar-refractivity contribution is 5.82. The number of nitro groups is 1. The van der Waals surface area contributed by atoms with E-state index in [2.05, 4.69) is 16.7 Å². The Morgan fingerprint density at radius 3 is 2.00 bits per heavy atom. The van der Waals surface area contributed by atoms with Crippen LogP contribution in [0.3, 0.4) is 0 Å². The van der Waals surface area contributed by atoms with Gasteiger partial charge in [-0.1, -0.05) is 0 Å². The van der Waals surface area contributed by atoms with Crippen molar-refractivity contribution in [3.8, 4) is 6.07 Å². The summed E-state index contributed by atoms with van der Waals surface area (Å²) in [6.07, 6.45) is 3.02. The molecule has 0 saturated carbocycles. The molecule has 2 atom stereocenters. The third-order valence-corrected chi connectivity index (χ3v) is 6.17. The van der Waals surface area contributed by atoms with Crippen LogP contribution in [0.2, 0.25) is 0 Å². The molecule has 0 radical (unpaired) electrons. The molecular formula is C21H28N6O4. The summed E-state index contributed by atoms with van der Waals surface area (Å²) in [5.41, 5.74) is 1.08. The monoisotopic (exact) mass is 428 g/mol. The lowest BCUT2D eigenvalue weighted by Crippen LogP contribution is -2.43. The molecule has 10 heteroatoms. The largest absolute Gasteiger partial charge is 0.370 e. The molecular weight excluding hydrogens is 400 g/mol. The summed E-state index contributed by atoms with van der Waals surface area (Å²) in [6.45, 7) is 2.10. The standard InChI is InChI=1S/C21H28N6O4/c1-23-20(28)14-5-3-7-25(12-14)17-10-18(19(27(30)31)9-16(17)11-22)26-8-4-6-15(13-26)21(29)24-2/h9-10,14-15H,3-8,12-13H2,1-2H3,(H,23,28)(H,24,29). The summed E-state index contributed by atoms with van der Waals surface area (Å²) >= 11 is 0. The van der Waals surface area contributed by atoms with Crippen LogP contribution in [0.15, 0.2) is 12.1 Å². The van der Waals surface area contributed by atoms with Crippen molar-refractivity contribution in [2.45, 2.75) is 25.7 Å². The van der Waals surface area contributed by atoms with Crippen LogP contribution in [-0.2, 0) is 9.59 Å². The van der Waals surface area contributed by atoms with E-state index >= 15 is 0 Å². The maximum absolute atomic E-state index is 12.1. The molecule has 0 bridgehead atoms. The van der Waals surface area contributed by atoms with Crippen LogP contribution in [0.4, 0.5) is 17.1 Å². The first-order valence-corrected chi connectivity index (χ1v) is 10.5. The van der Waals surface area contributed by atoms with Crippen LogP contribution in [-0.4, -0.2) is 57.0 Å². The molecule has 31 heavy (non-hydrogen) atoms. The Kier molecular flexibility index (Phi) is 6.95. The zero-order valence-electron chi connectivity index (χ0n) is 17.9. The highest BCUT2D eigenvalue weighted by atomic mass is 16.6. The minimum Gasteiger partial charge on any atom is -0.370 e. The highest BCUT2D eigenvalue weighted by Gasteiger charge is 2.32. The van der Waals surface area contributed by atoms with Gasteiger partial charge in [-0.05, 0) is 31.7 Å². The van der Waals surface area contributed by atoms with Gasteiger partial charge in [0.25, 0.3) is 5.69 Å². The Morgan fingerprint density at radius 1 is 1.03 bits per heavy atom. The predicted molar refractivity (Wildman–Crippen MR) is 116 cm³/mol. The van der Waals surface area contributed by atoms with Crippen molar-refractivity contribution in [2.24, 2.45) is 11.8 Å². The summed E-state index contributed by atoms with van der Waals surface area (Å²) in [7, 11) is 3.19. The lowest BCUT2D eigenvalue weighted by atomic mass is 9.94. The number of nitriles is 1. The molecule has 2 heterocycles. The topological polar surface area (TPSA) is 132 Å². The molecule has 1 aromatic rings. The van der Waals surface area contributed by atoms with Gasteiger partial charge in [0, 0.05) is 46.3 Å². The van der Waals surface area contributed by atoms with Crippen molar-refractivity contribution in [1.82, 2.24) is 10.6 Å². The first-order valence-electron chi connectivity index (χ1n) is 10.5.